The van der Waals surface area contributed by atoms with Crippen molar-refractivity contribution in [2.45, 2.75) is 13.5 Å². The Morgan fingerprint density at radius 2 is 1.41 bits per heavy atom. The zero-order valence-electron chi connectivity index (χ0n) is 21.3. The van der Waals surface area contributed by atoms with Gasteiger partial charge in [0.15, 0.2) is 0 Å². The first-order chi connectivity index (χ1) is 18.8. The van der Waals surface area contributed by atoms with E-state index in [-0.39, 0.29) is 19.0 Å². The molecule has 0 aromatic heterocycles. The molecule has 0 unspecified atom stereocenters. The molecule has 39 heavy (non-hydrogen) atoms. The summed E-state index contributed by atoms with van der Waals surface area (Å²) in [5.74, 6) is -0.646. The maximum atomic E-state index is 12.6. The molecule has 4 rings (SSSR count). The lowest BCUT2D eigenvalue weighted by atomic mass is 10.0. The molecule has 196 valence electrons. The molecule has 0 N–H and O–H groups in total. The number of rotatable bonds is 10. The largest absolute Gasteiger partial charge is 0.458 e. The Kier molecular flexibility index (Phi) is 8.53. The number of hydrogen-bond donors (Lipinski definition) is 0. The molecule has 0 spiro atoms. The average molecular weight is 523 g/mol. The molecule has 0 saturated carbocycles. The molecule has 0 saturated heterocycles. The monoisotopic (exact) mass is 522 g/mol. The third-order valence-electron chi connectivity index (χ3n) is 5.71. The fourth-order valence-corrected chi connectivity index (χ4v) is 3.60. The molecule has 0 amide bonds. The molecule has 7 heteroatoms. The zero-order valence-corrected chi connectivity index (χ0v) is 21.3. The Morgan fingerprint density at radius 3 is 2.10 bits per heavy atom. The fraction of sp³-hybridized carbons (Fsp3) is 0.0938. The van der Waals surface area contributed by atoms with Gasteiger partial charge in [-0.05, 0) is 76.9 Å². The molecule has 0 bridgehead atoms. The fourth-order valence-electron chi connectivity index (χ4n) is 3.60. The van der Waals surface area contributed by atoms with E-state index in [4.69, 9.17) is 18.9 Å². The van der Waals surface area contributed by atoms with Crippen molar-refractivity contribution in [3.8, 4) is 22.6 Å². The van der Waals surface area contributed by atoms with E-state index in [0.717, 1.165) is 33.5 Å². The van der Waals surface area contributed by atoms with Crippen molar-refractivity contribution in [3.05, 3.63) is 121 Å². The molecule has 0 aliphatic heterocycles. The van der Waals surface area contributed by atoms with Gasteiger partial charge in [0.1, 0.15) is 18.1 Å². The zero-order chi connectivity index (χ0) is 27.8. The molecule has 4 aromatic carbocycles. The molecule has 0 aliphatic rings. The number of carbonyl (C=O) groups is 3. The third kappa shape index (κ3) is 7.20. The van der Waals surface area contributed by atoms with Gasteiger partial charge in [-0.1, -0.05) is 55.6 Å². The second-order valence-corrected chi connectivity index (χ2v) is 8.62. The normalized spacial score (nSPS) is 10.4. The van der Waals surface area contributed by atoms with Crippen molar-refractivity contribution >= 4 is 28.7 Å². The van der Waals surface area contributed by atoms with Crippen LogP contribution < -0.4 is 9.47 Å². The topological polar surface area (TPSA) is 88.1 Å². The molecule has 7 nitrogen and oxygen atoms in total. The van der Waals surface area contributed by atoms with Gasteiger partial charge >= 0.3 is 17.9 Å². The number of benzene rings is 4. The lowest BCUT2D eigenvalue weighted by molar-refractivity contribution is -0.145. The summed E-state index contributed by atoms with van der Waals surface area (Å²) in [7, 11) is 0. The van der Waals surface area contributed by atoms with E-state index >= 15 is 0 Å². The van der Waals surface area contributed by atoms with Crippen LogP contribution in [-0.2, 0) is 25.7 Å². The molecule has 0 fully saturated rings. The van der Waals surface area contributed by atoms with Crippen molar-refractivity contribution in [3.63, 3.8) is 0 Å². The van der Waals surface area contributed by atoms with Crippen LogP contribution in [0.2, 0.25) is 0 Å². The van der Waals surface area contributed by atoms with Crippen molar-refractivity contribution in [2.24, 2.45) is 0 Å². The van der Waals surface area contributed by atoms with E-state index in [2.05, 4.69) is 19.2 Å². The summed E-state index contributed by atoms with van der Waals surface area (Å²) >= 11 is 0. The Labute approximate surface area is 225 Å². The summed E-state index contributed by atoms with van der Waals surface area (Å²) in [6.45, 7) is 8.36. The van der Waals surface area contributed by atoms with Crippen molar-refractivity contribution in [2.75, 3.05) is 6.79 Å². The van der Waals surface area contributed by atoms with E-state index < -0.39 is 17.9 Å². The van der Waals surface area contributed by atoms with E-state index in [1.54, 1.807) is 37.3 Å². The van der Waals surface area contributed by atoms with Gasteiger partial charge in [-0.15, -0.1) is 0 Å². The van der Waals surface area contributed by atoms with E-state index in [0.29, 0.717) is 17.1 Å². The Bertz CT molecular complexity index is 1530. The van der Waals surface area contributed by atoms with Crippen molar-refractivity contribution in [1.82, 2.24) is 0 Å². The van der Waals surface area contributed by atoms with Gasteiger partial charge in [0, 0.05) is 11.6 Å². The highest BCUT2D eigenvalue weighted by Gasteiger charge is 2.11. The highest BCUT2D eigenvalue weighted by molar-refractivity contribution is 5.93. The number of fused-ring (bicyclic) bond motifs is 1. The molecule has 0 atom stereocenters. The van der Waals surface area contributed by atoms with Crippen LogP contribution in [0.25, 0.3) is 21.9 Å². The first-order valence-corrected chi connectivity index (χ1v) is 12.0. The van der Waals surface area contributed by atoms with Gasteiger partial charge in [-0.2, -0.15) is 0 Å². The number of carbonyl (C=O) groups excluding carboxylic acids is 3. The second-order valence-electron chi connectivity index (χ2n) is 8.62. The Morgan fingerprint density at radius 1 is 0.769 bits per heavy atom. The van der Waals surface area contributed by atoms with Crippen LogP contribution in [0.5, 0.6) is 11.5 Å². The van der Waals surface area contributed by atoms with Gasteiger partial charge in [0.05, 0.1) is 5.56 Å². The summed E-state index contributed by atoms with van der Waals surface area (Å²) in [6, 6.07) is 25.6. The summed E-state index contributed by atoms with van der Waals surface area (Å²) in [5.41, 5.74) is 3.56. The van der Waals surface area contributed by atoms with Crippen LogP contribution in [0.3, 0.4) is 0 Å². The SMILES string of the molecule is C=CC(=O)OCc1ccc(-c2ccc3cc(OC(=O)c4ccc(OCOC(=O)C(=C)C)cc4)ccc3c2)cc1. The van der Waals surface area contributed by atoms with Crippen molar-refractivity contribution in [1.29, 1.82) is 0 Å². The first-order valence-electron chi connectivity index (χ1n) is 12.0. The highest BCUT2D eigenvalue weighted by atomic mass is 16.7. The third-order valence-corrected chi connectivity index (χ3v) is 5.71. The second kappa shape index (κ2) is 12.4. The maximum Gasteiger partial charge on any atom is 0.343 e. The summed E-state index contributed by atoms with van der Waals surface area (Å²) < 4.78 is 20.9. The van der Waals surface area contributed by atoms with E-state index in [1.807, 2.05) is 48.5 Å². The smallest absolute Gasteiger partial charge is 0.343 e. The molecule has 0 heterocycles. The summed E-state index contributed by atoms with van der Waals surface area (Å²) in [4.78, 5) is 35.3. The Balaban J connectivity index is 1.37. The minimum Gasteiger partial charge on any atom is -0.458 e. The van der Waals surface area contributed by atoms with E-state index in [9.17, 15) is 14.4 Å². The number of ether oxygens (including phenoxy) is 4. The van der Waals surface area contributed by atoms with Crippen LogP contribution in [0.15, 0.2) is 110 Å². The maximum absolute atomic E-state index is 12.6. The molecular formula is C32H26O7. The van der Waals surface area contributed by atoms with Gasteiger partial charge in [-0.25, -0.2) is 14.4 Å². The first kappa shape index (κ1) is 26.9. The lowest BCUT2D eigenvalue weighted by Crippen LogP contribution is -2.11. The summed E-state index contributed by atoms with van der Waals surface area (Å²) in [6.07, 6.45) is 1.14. The van der Waals surface area contributed by atoms with E-state index in [1.165, 1.54) is 0 Å². The predicted molar refractivity (Wildman–Crippen MR) is 147 cm³/mol. The van der Waals surface area contributed by atoms with Crippen LogP contribution in [0.1, 0.15) is 22.8 Å². The summed E-state index contributed by atoms with van der Waals surface area (Å²) in [5, 5.41) is 1.91. The number of esters is 3. The minimum absolute atomic E-state index is 0.190. The standard InChI is InChI=1S/C32H26O7/c1-4-30(33)36-19-22-5-7-23(8-6-22)25-9-10-27-18-29(16-13-26(27)17-25)39-32(35)24-11-14-28(15-12-24)37-20-38-31(34)21(2)3/h4-18H,1-2,19-20H2,3H3. The predicted octanol–water partition coefficient (Wildman–Crippen LogP) is 6.41. The van der Waals surface area contributed by atoms with Crippen molar-refractivity contribution < 1.29 is 33.3 Å². The molecule has 4 aromatic rings. The van der Waals surface area contributed by atoms with Crippen LogP contribution in [-0.4, -0.2) is 24.7 Å². The highest BCUT2D eigenvalue weighted by Crippen LogP contribution is 2.28. The molecule has 0 aliphatic carbocycles. The van der Waals surface area contributed by atoms with Gasteiger partial charge in [0.2, 0.25) is 6.79 Å². The van der Waals surface area contributed by atoms with Gasteiger partial charge < -0.3 is 18.9 Å². The quantitative estimate of drug-likeness (QED) is 0.103. The van der Waals surface area contributed by atoms with Crippen LogP contribution in [0, 0.1) is 0 Å². The molecular weight excluding hydrogens is 496 g/mol. The van der Waals surface area contributed by atoms with Gasteiger partial charge in [-0.3, -0.25) is 0 Å². The molecule has 0 radical (unpaired) electrons. The average Bonchev–Trinajstić information content (AvgIpc) is 2.96. The van der Waals surface area contributed by atoms with Crippen LogP contribution in [0.4, 0.5) is 0 Å². The van der Waals surface area contributed by atoms with Crippen LogP contribution >= 0.6 is 0 Å². The number of hydrogen-bond acceptors (Lipinski definition) is 7. The van der Waals surface area contributed by atoms with Gasteiger partial charge in [0.25, 0.3) is 0 Å². The Hall–Kier alpha value is -5.17. The lowest BCUT2D eigenvalue weighted by Gasteiger charge is -2.09. The minimum atomic E-state index is -0.541.